The maximum Gasteiger partial charge on any atom is 0.326 e. The Labute approximate surface area is 90.5 Å². The van der Waals surface area contributed by atoms with Gasteiger partial charge < -0.3 is 10.4 Å². The number of aliphatic carboxylic acids is 1. The van der Waals surface area contributed by atoms with Gasteiger partial charge in [-0.1, -0.05) is 0 Å². The van der Waals surface area contributed by atoms with E-state index in [9.17, 15) is 14.4 Å². The monoisotopic (exact) mass is 235 g/mol. The van der Waals surface area contributed by atoms with Crippen molar-refractivity contribution in [3.63, 3.8) is 0 Å². The molecule has 0 rings (SSSR count). The lowest BCUT2D eigenvalue weighted by Crippen LogP contribution is -2.41. The predicted molar refractivity (Wildman–Crippen MR) is 60.2 cm³/mol. The van der Waals surface area contributed by atoms with Gasteiger partial charge in [0.15, 0.2) is 5.12 Å². The van der Waals surface area contributed by atoms with Crippen molar-refractivity contribution in [2.45, 2.75) is 19.4 Å². The fourth-order valence-corrected chi connectivity index (χ4v) is 1.53. The van der Waals surface area contributed by atoms with Crippen molar-refractivity contribution < 1.29 is 19.5 Å². The highest BCUT2D eigenvalue weighted by Gasteiger charge is 2.26. The molecule has 0 saturated carbocycles. The summed E-state index contributed by atoms with van der Waals surface area (Å²) in [6, 6.07) is -1.11. The van der Waals surface area contributed by atoms with Crippen LogP contribution in [0.15, 0.2) is 0 Å². The predicted octanol–water partition coefficient (Wildman–Crippen LogP) is 0.186. The zero-order valence-electron chi connectivity index (χ0n) is 9.36. The van der Waals surface area contributed by atoms with Gasteiger partial charge in [0.2, 0.25) is 5.91 Å². The average Bonchev–Trinajstić information content (AvgIpc) is 1.99. The summed E-state index contributed by atoms with van der Waals surface area (Å²) in [5.74, 6) is -1.62. The highest BCUT2D eigenvalue weighted by atomic mass is 32.3. The van der Waals surface area contributed by atoms with Gasteiger partial charge in [0.25, 0.3) is 0 Å². The minimum Gasteiger partial charge on any atom is -0.480 e. The number of amides is 1. The smallest absolute Gasteiger partial charge is 0.326 e. The van der Waals surface area contributed by atoms with Crippen LogP contribution in [0.4, 0.5) is 0 Å². The molecule has 1 unspecified atom stereocenters. The molecule has 2 N–H and O–H groups in total. The molecule has 15 heavy (non-hydrogen) atoms. The number of hydrogen-bond acceptors (Lipinski definition) is 3. The van der Waals surface area contributed by atoms with Crippen molar-refractivity contribution in [2.24, 2.45) is 0 Å². The molecule has 0 aromatic heterocycles. The van der Waals surface area contributed by atoms with Gasteiger partial charge in [0, 0.05) is 13.3 Å². The van der Waals surface area contributed by atoms with Gasteiger partial charge >= 0.3 is 5.97 Å². The molecule has 0 aromatic rings. The summed E-state index contributed by atoms with van der Waals surface area (Å²) in [6.07, 6.45) is 5.24. The fraction of sp³-hybridized carbons (Fsp3) is 0.667. The summed E-state index contributed by atoms with van der Waals surface area (Å²) >= 11 is 0. The van der Waals surface area contributed by atoms with Gasteiger partial charge in [-0.05, 0) is 18.8 Å². The number of rotatable bonds is 4. The third-order valence-electron chi connectivity index (χ3n) is 1.73. The summed E-state index contributed by atoms with van der Waals surface area (Å²) in [7, 11) is -1.42. The van der Waals surface area contributed by atoms with Gasteiger partial charge in [0.1, 0.15) is 6.04 Å². The van der Waals surface area contributed by atoms with Crippen molar-refractivity contribution in [1.29, 1.82) is 0 Å². The van der Waals surface area contributed by atoms with E-state index in [1.807, 2.05) is 0 Å². The van der Waals surface area contributed by atoms with Crippen LogP contribution in [0.2, 0.25) is 0 Å². The number of carboxylic acids is 1. The SMILES string of the molecule is CC(=O)NC(CC(=O)S(C)(C)C)C(=O)O. The maximum atomic E-state index is 11.6. The van der Waals surface area contributed by atoms with Crippen LogP contribution in [0, 0.1) is 0 Å². The molecule has 6 heteroatoms. The van der Waals surface area contributed by atoms with Crippen molar-refractivity contribution >= 4 is 27.0 Å². The van der Waals surface area contributed by atoms with Crippen molar-refractivity contribution in [1.82, 2.24) is 5.32 Å². The van der Waals surface area contributed by atoms with Crippen LogP contribution in [0.5, 0.6) is 0 Å². The van der Waals surface area contributed by atoms with Crippen LogP contribution in [-0.2, 0) is 14.4 Å². The molecular weight excluding hydrogens is 218 g/mol. The Bertz CT molecular complexity index is 282. The standard InChI is InChI=1S/C9H17NO4S/c1-6(11)10-7(9(13)14)5-8(12)15(2,3)4/h7H,5H2,1-4H3,(H,10,11)(H,13,14). The van der Waals surface area contributed by atoms with Gasteiger partial charge in [-0.25, -0.2) is 4.79 Å². The average molecular weight is 235 g/mol. The lowest BCUT2D eigenvalue weighted by molar-refractivity contribution is -0.142. The van der Waals surface area contributed by atoms with E-state index >= 15 is 0 Å². The Kier molecular flexibility index (Phi) is 4.80. The molecule has 0 saturated heterocycles. The Morgan fingerprint density at radius 1 is 1.27 bits per heavy atom. The van der Waals surface area contributed by atoms with E-state index in [1.54, 1.807) is 18.8 Å². The van der Waals surface area contributed by atoms with E-state index < -0.39 is 27.9 Å². The largest absolute Gasteiger partial charge is 0.480 e. The molecule has 5 nitrogen and oxygen atoms in total. The van der Waals surface area contributed by atoms with E-state index in [2.05, 4.69) is 5.32 Å². The third-order valence-corrected chi connectivity index (χ3v) is 3.26. The Morgan fingerprint density at radius 3 is 2.00 bits per heavy atom. The molecular formula is C9H17NO4S. The minimum atomic E-state index is -1.42. The molecule has 0 aliphatic rings. The molecule has 0 radical (unpaired) electrons. The van der Waals surface area contributed by atoms with E-state index in [0.29, 0.717) is 0 Å². The molecule has 0 aromatic carbocycles. The number of carbonyl (C=O) groups excluding carboxylic acids is 2. The van der Waals surface area contributed by atoms with Gasteiger partial charge in [-0.2, -0.15) is 10.0 Å². The number of nitrogens with one attached hydrogen (secondary N) is 1. The van der Waals surface area contributed by atoms with E-state index in [1.165, 1.54) is 6.92 Å². The zero-order chi connectivity index (χ0) is 12.2. The number of carboxylic acid groups (broad SMARTS) is 1. The molecule has 1 amide bonds. The second-order valence-corrected chi connectivity index (χ2v) is 8.13. The molecule has 0 spiro atoms. The quantitative estimate of drug-likeness (QED) is 0.728. The zero-order valence-corrected chi connectivity index (χ0v) is 10.2. The molecule has 0 aliphatic carbocycles. The first-order valence-corrected chi connectivity index (χ1v) is 7.21. The molecule has 0 aliphatic heterocycles. The van der Waals surface area contributed by atoms with Crippen molar-refractivity contribution in [2.75, 3.05) is 18.8 Å². The highest BCUT2D eigenvalue weighted by molar-refractivity contribution is 8.43. The summed E-state index contributed by atoms with van der Waals surface area (Å²) in [6.45, 7) is 1.23. The first-order valence-electron chi connectivity index (χ1n) is 4.35. The Hall–Kier alpha value is -1.04. The number of carbonyl (C=O) groups is 3. The lowest BCUT2D eigenvalue weighted by atomic mass is 10.2. The minimum absolute atomic E-state index is 0.108. The molecule has 0 heterocycles. The maximum absolute atomic E-state index is 11.6. The van der Waals surface area contributed by atoms with Crippen LogP contribution < -0.4 is 5.32 Å². The first kappa shape index (κ1) is 14.0. The van der Waals surface area contributed by atoms with Crippen LogP contribution in [0.3, 0.4) is 0 Å². The van der Waals surface area contributed by atoms with Crippen molar-refractivity contribution in [3.05, 3.63) is 0 Å². The second kappa shape index (κ2) is 5.16. The van der Waals surface area contributed by atoms with Gasteiger partial charge in [-0.3, -0.25) is 9.59 Å². The normalized spacial score (nSPS) is 14.1. The topological polar surface area (TPSA) is 83.5 Å². The van der Waals surface area contributed by atoms with Crippen LogP contribution >= 0.6 is 10.0 Å². The summed E-state index contributed by atoms with van der Waals surface area (Å²) in [5, 5.41) is 10.9. The van der Waals surface area contributed by atoms with E-state index in [-0.39, 0.29) is 11.5 Å². The molecule has 88 valence electrons. The Balaban J connectivity index is 4.50. The van der Waals surface area contributed by atoms with E-state index in [0.717, 1.165) is 0 Å². The molecule has 1 atom stereocenters. The first-order chi connectivity index (χ1) is 6.64. The Morgan fingerprint density at radius 2 is 1.73 bits per heavy atom. The van der Waals surface area contributed by atoms with Crippen LogP contribution in [0.1, 0.15) is 13.3 Å². The van der Waals surface area contributed by atoms with Crippen LogP contribution in [-0.4, -0.2) is 46.9 Å². The second-order valence-electron chi connectivity index (χ2n) is 4.00. The van der Waals surface area contributed by atoms with Crippen LogP contribution in [0.25, 0.3) is 0 Å². The third kappa shape index (κ3) is 5.41. The summed E-state index contributed by atoms with van der Waals surface area (Å²) in [5.41, 5.74) is 0. The lowest BCUT2D eigenvalue weighted by Gasteiger charge is -2.24. The van der Waals surface area contributed by atoms with Gasteiger partial charge in [0.05, 0.1) is 0 Å². The molecule has 0 bridgehead atoms. The number of hydrogen-bond donors (Lipinski definition) is 2. The fourth-order valence-electron chi connectivity index (χ4n) is 0.862. The highest BCUT2D eigenvalue weighted by Crippen LogP contribution is 2.37. The molecule has 0 fully saturated rings. The van der Waals surface area contributed by atoms with E-state index in [4.69, 9.17) is 5.11 Å². The van der Waals surface area contributed by atoms with Crippen molar-refractivity contribution in [3.8, 4) is 0 Å². The summed E-state index contributed by atoms with van der Waals surface area (Å²) < 4.78 is 0. The van der Waals surface area contributed by atoms with Gasteiger partial charge in [-0.15, -0.1) is 0 Å². The summed E-state index contributed by atoms with van der Waals surface area (Å²) in [4.78, 5) is 33.0.